The van der Waals surface area contributed by atoms with Gasteiger partial charge in [-0.2, -0.15) is 0 Å². The van der Waals surface area contributed by atoms with Crippen LogP contribution in [0, 0.1) is 0 Å². The van der Waals surface area contributed by atoms with E-state index < -0.39 is 29.2 Å². The van der Waals surface area contributed by atoms with Gasteiger partial charge in [0.1, 0.15) is 17.1 Å². The van der Waals surface area contributed by atoms with Crippen molar-refractivity contribution in [3.8, 4) is 0 Å². The second kappa shape index (κ2) is 6.70. The summed E-state index contributed by atoms with van der Waals surface area (Å²) in [6, 6.07) is -0.817. The maximum absolute atomic E-state index is 12.4. The number of aliphatic carboxylic acids is 1. The van der Waals surface area contributed by atoms with Crippen LogP contribution in [-0.4, -0.2) is 49.9 Å². The Hall–Kier alpha value is -2.04. The topological polar surface area (TPSA) is 126 Å². The first-order valence-electron chi connectivity index (χ1n) is 7.05. The average Bonchev–Trinajstić information content (AvgIpc) is 2.98. The standard InChI is InChI=1S/C14H13ClN4O4S2/c1-5-3-24-12-8(11(21)19(12)9(5)13(22)23)18-10(20)6(2-15)7-4-25-14(16)17-7/h2,4,8,12H,3H2,1H3,(H2,16,17)(H,18,20)(H,22,23)/t8?,12-/m1/s1. The van der Waals surface area contributed by atoms with Crippen LogP contribution in [0.1, 0.15) is 12.6 Å². The van der Waals surface area contributed by atoms with Crippen LogP contribution >= 0.6 is 34.7 Å². The van der Waals surface area contributed by atoms with Gasteiger partial charge in [0.25, 0.3) is 11.8 Å². The Morgan fingerprint density at radius 3 is 2.84 bits per heavy atom. The minimum atomic E-state index is -1.15. The van der Waals surface area contributed by atoms with Crippen LogP contribution < -0.4 is 11.1 Å². The molecular weight excluding hydrogens is 388 g/mol. The highest BCUT2D eigenvalue weighted by atomic mass is 35.5. The molecule has 0 aliphatic carbocycles. The first-order chi connectivity index (χ1) is 11.8. The lowest BCUT2D eigenvalue weighted by Gasteiger charge is -2.49. The molecule has 2 atom stereocenters. The number of aromatic nitrogens is 1. The summed E-state index contributed by atoms with van der Waals surface area (Å²) < 4.78 is 0. The zero-order chi connectivity index (χ0) is 18.3. The number of nitrogens with zero attached hydrogens (tertiary/aromatic N) is 2. The lowest BCUT2D eigenvalue weighted by Crippen LogP contribution is -2.70. The maximum atomic E-state index is 12.4. The first kappa shape index (κ1) is 17.8. The monoisotopic (exact) mass is 400 g/mol. The fraction of sp³-hybridized carbons (Fsp3) is 0.286. The summed E-state index contributed by atoms with van der Waals surface area (Å²) >= 11 is 8.29. The molecule has 4 N–H and O–H groups in total. The van der Waals surface area contributed by atoms with Crippen molar-refractivity contribution < 1.29 is 19.5 Å². The van der Waals surface area contributed by atoms with Gasteiger partial charge in [0.15, 0.2) is 5.13 Å². The molecule has 25 heavy (non-hydrogen) atoms. The van der Waals surface area contributed by atoms with E-state index in [4.69, 9.17) is 17.3 Å². The summed E-state index contributed by atoms with van der Waals surface area (Å²) in [5, 5.41) is 13.3. The third-order valence-corrected chi connectivity index (χ3v) is 6.12. The molecule has 0 saturated carbocycles. The smallest absolute Gasteiger partial charge is 0.352 e. The molecule has 1 fully saturated rings. The number of β-lactam (4-membered cyclic amide) rings is 1. The van der Waals surface area contributed by atoms with Crippen LogP contribution in [0.25, 0.3) is 5.57 Å². The number of nitrogens with one attached hydrogen (secondary N) is 1. The van der Waals surface area contributed by atoms with Crippen molar-refractivity contribution in [3.63, 3.8) is 0 Å². The van der Waals surface area contributed by atoms with Crippen molar-refractivity contribution in [2.24, 2.45) is 0 Å². The minimum Gasteiger partial charge on any atom is -0.477 e. The molecule has 1 aromatic heterocycles. The van der Waals surface area contributed by atoms with Gasteiger partial charge in [-0.15, -0.1) is 23.1 Å². The van der Waals surface area contributed by atoms with Crippen molar-refractivity contribution in [3.05, 3.63) is 27.9 Å². The second-order valence-corrected chi connectivity index (χ2v) is 7.60. The van der Waals surface area contributed by atoms with Gasteiger partial charge in [-0.05, 0) is 12.5 Å². The Kier molecular flexibility index (Phi) is 4.76. The Morgan fingerprint density at radius 1 is 1.56 bits per heavy atom. The molecule has 8 nitrogen and oxygen atoms in total. The number of amides is 2. The number of nitrogen functional groups attached to an aromatic ring is 1. The van der Waals surface area contributed by atoms with Gasteiger partial charge < -0.3 is 16.2 Å². The van der Waals surface area contributed by atoms with E-state index >= 15 is 0 Å². The molecule has 0 aromatic carbocycles. The number of thiazole rings is 1. The number of carboxylic acid groups (broad SMARTS) is 1. The molecule has 3 rings (SSSR count). The van der Waals surface area contributed by atoms with E-state index in [9.17, 15) is 19.5 Å². The molecule has 2 aliphatic heterocycles. The van der Waals surface area contributed by atoms with Crippen LogP contribution in [0.5, 0.6) is 0 Å². The zero-order valence-corrected chi connectivity index (χ0v) is 15.2. The lowest BCUT2D eigenvalue weighted by molar-refractivity contribution is -0.150. The van der Waals surface area contributed by atoms with Crippen molar-refractivity contribution in [2.45, 2.75) is 18.3 Å². The predicted octanol–water partition coefficient (Wildman–Crippen LogP) is 1.06. The molecule has 1 aromatic rings. The zero-order valence-electron chi connectivity index (χ0n) is 12.9. The fourth-order valence-corrected chi connectivity index (χ4v) is 4.69. The summed E-state index contributed by atoms with van der Waals surface area (Å²) in [5.41, 5.74) is 7.64. The van der Waals surface area contributed by atoms with Crippen molar-refractivity contribution in [1.29, 1.82) is 0 Å². The molecule has 2 amide bonds. The van der Waals surface area contributed by atoms with E-state index in [0.717, 1.165) is 16.9 Å². The number of hydrogen-bond acceptors (Lipinski definition) is 7. The van der Waals surface area contributed by atoms with E-state index in [2.05, 4.69) is 10.3 Å². The maximum Gasteiger partial charge on any atom is 0.352 e. The third-order valence-electron chi connectivity index (χ3n) is 3.80. The summed E-state index contributed by atoms with van der Waals surface area (Å²) in [5.74, 6) is -1.71. The molecule has 1 saturated heterocycles. The molecule has 3 heterocycles. The summed E-state index contributed by atoms with van der Waals surface area (Å²) in [4.78, 5) is 41.4. The van der Waals surface area contributed by atoms with Crippen LogP contribution in [0.2, 0.25) is 0 Å². The molecular formula is C14H13ClN4O4S2. The number of anilines is 1. The van der Waals surface area contributed by atoms with Gasteiger partial charge in [0.2, 0.25) is 0 Å². The number of thioether (sulfide) groups is 1. The molecule has 0 spiro atoms. The molecule has 0 bridgehead atoms. The Bertz CT molecular complexity index is 835. The summed E-state index contributed by atoms with van der Waals surface area (Å²) in [6.45, 7) is 1.67. The van der Waals surface area contributed by atoms with E-state index in [0.29, 0.717) is 22.2 Å². The van der Waals surface area contributed by atoms with Gasteiger partial charge >= 0.3 is 5.97 Å². The summed E-state index contributed by atoms with van der Waals surface area (Å²) in [7, 11) is 0. The number of halogens is 1. The molecule has 2 aliphatic rings. The highest BCUT2D eigenvalue weighted by Gasteiger charge is 2.53. The molecule has 0 radical (unpaired) electrons. The number of carbonyl (C=O) groups is 3. The predicted molar refractivity (Wildman–Crippen MR) is 95.7 cm³/mol. The van der Waals surface area contributed by atoms with Crippen molar-refractivity contribution in [2.75, 3.05) is 11.5 Å². The van der Waals surface area contributed by atoms with Gasteiger partial charge in [-0.3, -0.25) is 14.5 Å². The van der Waals surface area contributed by atoms with Crippen molar-refractivity contribution in [1.82, 2.24) is 15.2 Å². The van der Waals surface area contributed by atoms with Gasteiger partial charge in [-0.25, -0.2) is 9.78 Å². The Morgan fingerprint density at radius 2 is 2.28 bits per heavy atom. The average molecular weight is 401 g/mol. The van der Waals surface area contributed by atoms with Gasteiger partial charge in [0.05, 0.1) is 11.3 Å². The second-order valence-electron chi connectivity index (χ2n) is 5.39. The van der Waals surface area contributed by atoms with Crippen LogP contribution in [0.15, 0.2) is 22.2 Å². The van der Waals surface area contributed by atoms with E-state index in [1.165, 1.54) is 16.7 Å². The van der Waals surface area contributed by atoms with Crippen molar-refractivity contribution >= 4 is 63.2 Å². The van der Waals surface area contributed by atoms with Crippen LogP contribution in [0.4, 0.5) is 5.13 Å². The Balaban J connectivity index is 1.76. The normalized spacial score (nSPS) is 23.2. The Labute approximate surface area is 155 Å². The number of carbonyl (C=O) groups excluding carboxylic acids is 2. The minimum absolute atomic E-state index is 0.0142. The molecule has 1 unspecified atom stereocenters. The number of nitrogens with two attached hydrogens (primary N) is 1. The number of fused-ring (bicyclic) bond motifs is 1. The lowest BCUT2D eigenvalue weighted by atomic mass is 10.0. The number of hydrogen-bond donors (Lipinski definition) is 3. The first-order valence-corrected chi connectivity index (χ1v) is 9.42. The van der Waals surface area contributed by atoms with Gasteiger partial charge in [-0.1, -0.05) is 11.6 Å². The van der Waals surface area contributed by atoms with Crippen LogP contribution in [0.3, 0.4) is 0 Å². The van der Waals surface area contributed by atoms with Gasteiger partial charge in [0, 0.05) is 16.7 Å². The number of rotatable bonds is 4. The molecule has 132 valence electrons. The molecule has 11 heteroatoms. The fourth-order valence-electron chi connectivity index (χ4n) is 2.63. The highest BCUT2D eigenvalue weighted by Crippen LogP contribution is 2.40. The quantitative estimate of drug-likeness (QED) is 0.509. The summed E-state index contributed by atoms with van der Waals surface area (Å²) in [6.07, 6.45) is 0. The van der Waals surface area contributed by atoms with E-state index in [1.54, 1.807) is 12.3 Å². The van der Waals surface area contributed by atoms with E-state index in [-0.39, 0.29) is 11.3 Å². The number of carboxylic acids is 1. The third kappa shape index (κ3) is 3.00. The largest absolute Gasteiger partial charge is 0.477 e. The van der Waals surface area contributed by atoms with Crippen LogP contribution in [-0.2, 0) is 14.4 Å². The van der Waals surface area contributed by atoms with E-state index in [1.807, 2.05) is 0 Å². The SMILES string of the molecule is CC1=C(C(=O)O)N2C(=O)C(NC(=O)C(=CCl)c3csc(N)n3)[C@H]2SC1. The highest BCUT2D eigenvalue weighted by molar-refractivity contribution is 8.00.